The highest BCUT2D eigenvalue weighted by Gasteiger charge is 2.27. The molecule has 4 heteroatoms. The molecule has 0 aromatic heterocycles. The van der Waals surface area contributed by atoms with Crippen LogP contribution in [0.3, 0.4) is 0 Å². The Kier molecular flexibility index (Phi) is 10.4. The SMILES string of the molecule is C=CCCCCC(O)C[N+](CC)(CC)CCC(C)C(=O)[O-]. The van der Waals surface area contributed by atoms with Gasteiger partial charge in [0.15, 0.2) is 0 Å². The Morgan fingerprint density at radius 2 is 1.90 bits per heavy atom. The van der Waals surface area contributed by atoms with Crippen LogP contribution in [-0.4, -0.2) is 47.8 Å². The zero-order valence-corrected chi connectivity index (χ0v) is 14.0. The molecule has 0 radical (unpaired) electrons. The molecule has 0 amide bonds. The third kappa shape index (κ3) is 8.22. The topological polar surface area (TPSA) is 60.4 Å². The van der Waals surface area contributed by atoms with Gasteiger partial charge in [-0.2, -0.15) is 0 Å². The second-order valence-corrected chi connectivity index (χ2v) is 6.12. The van der Waals surface area contributed by atoms with Gasteiger partial charge in [0.25, 0.3) is 0 Å². The van der Waals surface area contributed by atoms with Crippen LogP contribution in [0.1, 0.15) is 52.9 Å². The minimum absolute atomic E-state index is 0.312. The molecule has 0 aromatic carbocycles. The molecule has 0 spiro atoms. The van der Waals surface area contributed by atoms with Gasteiger partial charge in [0.05, 0.1) is 19.6 Å². The maximum atomic E-state index is 10.8. The van der Waals surface area contributed by atoms with Gasteiger partial charge < -0.3 is 19.5 Å². The van der Waals surface area contributed by atoms with Crippen molar-refractivity contribution in [3.63, 3.8) is 0 Å². The molecular formula is C17H33NO3. The van der Waals surface area contributed by atoms with Crippen molar-refractivity contribution in [3.05, 3.63) is 12.7 Å². The molecular weight excluding hydrogens is 266 g/mol. The number of allylic oxidation sites excluding steroid dienone is 1. The van der Waals surface area contributed by atoms with Crippen LogP contribution in [0.2, 0.25) is 0 Å². The van der Waals surface area contributed by atoms with E-state index in [1.807, 2.05) is 6.08 Å². The summed E-state index contributed by atoms with van der Waals surface area (Å²) in [5.74, 6) is -1.41. The van der Waals surface area contributed by atoms with Crippen LogP contribution in [0.25, 0.3) is 0 Å². The maximum Gasteiger partial charge on any atom is 0.105 e. The van der Waals surface area contributed by atoms with Gasteiger partial charge in [0.2, 0.25) is 0 Å². The average Bonchev–Trinajstić information content (AvgIpc) is 2.47. The van der Waals surface area contributed by atoms with Crippen LogP contribution in [-0.2, 0) is 4.79 Å². The van der Waals surface area contributed by atoms with Crippen LogP contribution >= 0.6 is 0 Å². The lowest BCUT2D eigenvalue weighted by Crippen LogP contribution is -2.53. The van der Waals surface area contributed by atoms with Gasteiger partial charge in [-0.25, -0.2) is 0 Å². The fourth-order valence-corrected chi connectivity index (χ4v) is 2.68. The first-order valence-electron chi connectivity index (χ1n) is 8.25. The van der Waals surface area contributed by atoms with Crippen LogP contribution in [0, 0.1) is 5.92 Å². The van der Waals surface area contributed by atoms with Gasteiger partial charge >= 0.3 is 0 Å². The van der Waals surface area contributed by atoms with E-state index in [9.17, 15) is 15.0 Å². The van der Waals surface area contributed by atoms with Crippen LogP contribution in [0.15, 0.2) is 12.7 Å². The van der Waals surface area contributed by atoms with Crippen molar-refractivity contribution in [2.24, 2.45) is 5.92 Å². The van der Waals surface area contributed by atoms with E-state index in [4.69, 9.17) is 0 Å². The van der Waals surface area contributed by atoms with Gasteiger partial charge in [-0.15, -0.1) is 6.58 Å². The van der Waals surface area contributed by atoms with E-state index in [1.165, 1.54) is 0 Å². The van der Waals surface area contributed by atoms with Gasteiger partial charge in [-0.1, -0.05) is 19.4 Å². The summed E-state index contributed by atoms with van der Waals surface area (Å²) >= 11 is 0. The maximum absolute atomic E-state index is 10.8. The van der Waals surface area contributed by atoms with Crippen LogP contribution < -0.4 is 5.11 Å². The number of carbonyl (C=O) groups is 1. The lowest BCUT2D eigenvalue weighted by atomic mass is 10.0. The van der Waals surface area contributed by atoms with E-state index < -0.39 is 11.9 Å². The Balaban J connectivity index is 4.36. The summed E-state index contributed by atoms with van der Waals surface area (Å²) in [6.07, 6.45) is 6.09. The largest absolute Gasteiger partial charge is 0.550 e. The number of aliphatic carboxylic acids is 1. The number of carbonyl (C=O) groups excluding carboxylic acids is 1. The number of likely N-dealkylation sites (N-methyl/N-ethyl adjacent to an activating group) is 1. The molecule has 0 fully saturated rings. The Morgan fingerprint density at radius 1 is 1.29 bits per heavy atom. The molecule has 0 aliphatic carbocycles. The predicted octanol–water partition coefficient (Wildman–Crippen LogP) is 1.73. The first kappa shape index (κ1) is 20.1. The molecule has 0 aliphatic rings. The predicted molar refractivity (Wildman–Crippen MR) is 84.5 cm³/mol. The zero-order valence-electron chi connectivity index (χ0n) is 14.0. The number of quaternary nitrogens is 1. The van der Waals surface area contributed by atoms with E-state index in [2.05, 4.69) is 20.4 Å². The first-order chi connectivity index (χ1) is 9.90. The molecule has 4 nitrogen and oxygen atoms in total. The summed E-state index contributed by atoms with van der Waals surface area (Å²) in [7, 11) is 0. The van der Waals surface area contributed by atoms with Crippen molar-refractivity contribution in [1.29, 1.82) is 0 Å². The number of carboxylic acids is 1. The standard InChI is InChI=1S/C17H33NO3/c1-5-8-9-10-11-16(19)14-18(6-2,7-3)13-12-15(4)17(20)21/h5,15-16,19H,1,6-14H2,2-4H3. The Bertz CT molecular complexity index is 300. The van der Waals surface area contributed by atoms with Crippen molar-refractivity contribution in [2.45, 2.75) is 59.0 Å². The molecule has 0 heterocycles. The number of rotatable bonds is 13. The lowest BCUT2D eigenvalue weighted by molar-refractivity contribution is -0.928. The smallest absolute Gasteiger partial charge is 0.105 e. The van der Waals surface area contributed by atoms with Gasteiger partial charge in [0, 0.05) is 18.3 Å². The number of unbranched alkanes of at least 4 members (excludes halogenated alkanes) is 2. The third-order valence-corrected chi connectivity index (χ3v) is 4.57. The fourth-order valence-electron chi connectivity index (χ4n) is 2.68. The highest BCUT2D eigenvalue weighted by molar-refractivity contribution is 5.66. The molecule has 0 rings (SSSR count). The second kappa shape index (κ2) is 10.8. The minimum atomic E-state index is -0.981. The summed E-state index contributed by atoms with van der Waals surface area (Å²) in [6.45, 7) is 12.9. The van der Waals surface area contributed by atoms with E-state index in [0.717, 1.165) is 49.8 Å². The Morgan fingerprint density at radius 3 is 2.38 bits per heavy atom. The molecule has 2 unspecified atom stereocenters. The molecule has 21 heavy (non-hydrogen) atoms. The van der Waals surface area contributed by atoms with Crippen LogP contribution in [0.4, 0.5) is 0 Å². The Labute approximate surface area is 130 Å². The van der Waals surface area contributed by atoms with Crippen molar-refractivity contribution < 1.29 is 19.5 Å². The second-order valence-electron chi connectivity index (χ2n) is 6.12. The van der Waals surface area contributed by atoms with Crippen molar-refractivity contribution in [3.8, 4) is 0 Å². The normalized spacial score (nSPS) is 14.7. The Hall–Kier alpha value is -0.870. The summed E-state index contributed by atoms with van der Waals surface area (Å²) in [5.41, 5.74) is 0. The number of hydrogen-bond acceptors (Lipinski definition) is 3. The minimum Gasteiger partial charge on any atom is -0.550 e. The first-order valence-corrected chi connectivity index (χ1v) is 8.25. The molecule has 1 N–H and O–H groups in total. The average molecular weight is 299 g/mol. The van der Waals surface area contributed by atoms with Crippen molar-refractivity contribution in [2.75, 3.05) is 26.2 Å². The molecule has 0 bridgehead atoms. The summed E-state index contributed by atoms with van der Waals surface area (Å²) in [5, 5.41) is 21.1. The quantitative estimate of drug-likeness (QED) is 0.320. The summed E-state index contributed by atoms with van der Waals surface area (Å²) < 4.78 is 0.778. The summed E-state index contributed by atoms with van der Waals surface area (Å²) in [4.78, 5) is 10.8. The van der Waals surface area contributed by atoms with Crippen LogP contribution in [0.5, 0.6) is 0 Å². The molecule has 0 aromatic rings. The highest BCUT2D eigenvalue weighted by Crippen LogP contribution is 2.15. The van der Waals surface area contributed by atoms with E-state index in [0.29, 0.717) is 13.0 Å². The van der Waals surface area contributed by atoms with E-state index >= 15 is 0 Å². The molecule has 0 aliphatic heterocycles. The molecule has 0 saturated heterocycles. The van der Waals surface area contributed by atoms with E-state index in [1.54, 1.807) is 6.92 Å². The number of hydrogen-bond donors (Lipinski definition) is 1. The fraction of sp³-hybridized carbons (Fsp3) is 0.824. The zero-order chi connectivity index (χ0) is 16.3. The number of aliphatic hydroxyl groups is 1. The molecule has 0 saturated carbocycles. The third-order valence-electron chi connectivity index (χ3n) is 4.57. The number of carboxylic acid groups (broad SMARTS) is 1. The molecule has 2 atom stereocenters. The van der Waals surface area contributed by atoms with E-state index in [-0.39, 0.29) is 6.10 Å². The van der Waals surface area contributed by atoms with Gasteiger partial charge in [-0.3, -0.25) is 0 Å². The molecule has 124 valence electrons. The lowest BCUT2D eigenvalue weighted by Gasteiger charge is -2.39. The van der Waals surface area contributed by atoms with Gasteiger partial charge in [-0.05, 0) is 33.1 Å². The number of nitrogens with zero attached hydrogens (tertiary/aromatic N) is 1. The number of aliphatic hydroxyl groups excluding tert-OH is 1. The van der Waals surface area contributed by atoms with Crippen molar-refractivity contribution in [1.82, 2.24) is 0 Å². The highest BCUT2D eigenvalue weighted by atomic mass is 16.4. The van der Waals surface area contributed by atoms with Crippen molar-refractivity contribution >= 4 is 5.97 Å². The summed E-state index contributed by atoms with van der Waals surface area (Å²) in [6, 6.07) is 0. The monoisotopic (exact) mass is 299 g/mol. The van der Waals surface area contributed by atoms with Gasteiger partial charge in [0.1, 0.15) is 12.6 Å².